The first kappa shape index (κ1) is 16.8. The summed E-state index contributed by atoms with van der Waals surface area (Å²) in [5.74, 6) is -0.0166. The van der Waals surface area contributed by atoms with Crippen molar-refractivity contribution < 1.29 is 17.9 Å². The van der Waals surface area contributed by atoms with Crippen LogP contribution in [0.2, 0.25) is 0 Å². The second-order valence-electron chi connectivity index (χ2n) is 4.41. The monoisotopic (exact) mass is 267 g/mol. The predicted octanol–water partition coefficient (Wildman–Crippen LogP) is 1.13. The molecule has 0 radical (unpaired) electrons. The summed E-state index contributed by atoms with van der Waals surface area (Å²) in [6, 6.07) is 0. The summed E-state index contributed by atoms with van der Waals surface area (Å²) < 4.78 is 32.8. The number of primary sulfonamides is 1. The summed E-state index contributed by atoms with van der Waals surface area (Å²) in [7, 11) is -1.82. The molecule has 0 fully saturated rings. The van der Waals surface area contributed by atoms with E-state index in [9.17, 15) is 8.42 Å². The van der Waals surface area contributed by atoms with E-state index in [0.29, 0.717) is 19.8 Å². The highest BCUT2D eigenvalue weighted by atomic mass is 32.2. The average molecular weight is 267 g/mol. The minimum absolute atomic E-state index is 0.0166. The van der Waals surface area contributed by atoms with Gasteiger partial charge in [-0.2, -0.15) is 0 Å². The molecule has 0 spiro atoms. The van der Waals surface area contributed by atoms with Gasteiger partial charge in [0.2, 0.25) is 10.0 Å². The van der Waals surface area contributed by atoms with E-state index >= 15 is 0 Å². The molecule has 6 heteroatoms. The van der Waals surface area contributed by atoms with E-state index in [0.717, 1.165) is 19.3 Å². The molecule has 0 unspecified atom stereocenters. The highest BCUT2D eigenvalue weighted by Gasteiger charge is 2.31. The number of hydrogen-bond acceptors (Lipinski definition) is 4. The third-order valence-corrected chi connectivity index (χ3v) is 4.07. The molecule has 5 nitrogen and oxygen atoms in total. The van der Waals surface area contributed by atoms with Crippen molar-refractivity contribution in [3.8, 4) is 0 Å². The molecule has 0 amide bonds. The SMILES string of the molecule is CCC(CC)(COCCCOC)CS(N)(=O)=O. The van der Waals surface area contributed by atoms with E-state index in [4.69, 9.17) is 14.6 Å². The fourth-order valence-corrected chi connectivity index (χ4v) is 3.07. The van der Waals surface area contributed by atoms with E-state index < -0.39 is 10.0 Å². The molecule has 0 saturated heterocycles. The number of ether oxygens (including phenoxy) is 2. The summed E-state index contributed by atoms with van der Waals surface area (Å²) in [5.41, 5.74) is -0.360. The standard InChI is InChI=1S/C11H25NO4S/c1-4-11(5-2,10-17(12,13)14)9-16-8-6-7-15-3/h4-10H2,1-3H3,(H2,12,13,14). The normalized spacial score (nSPS) is 12.9. The zero-order valence-electron chi connectivity index (χ0n) is 11.1. The maximum absolute atomic E-state index is 11.2. The maximum atomic E-state index is 11.2. The van der Waals surface area contributed by atoms with Gasteiger partial charge in [-0.15, -0.1) is 0 Å². The molecule has 0 rings (SSSR count). The molecule has 0 bridgehead atoms. The fourth-order valence-electron chi connectivity index (χ4n) is 1.72. The van der Waals surface area contributed by atoms with Crippen LogP contribution in [-0.2, 0) is 19.5 Å². The highest BCUT2D eigenvalue weighted by Crippen LogP contribution is 2.28. The van der Waals surface area contributed by atoms with Crippen molar-refractivity contribution in [3.63, 3.8) is 0 Å². The van der Waals surface area contributed by atoms with Crippen LogP contribution in [-0.4, -0.2) is 41.1 Å². The molecule has 0 atom stereocenters. The van der Waals surface area contributed by atoms with Crippen molar-refractivity contribution in [2.45, 2.75) is 33.1 Å². The molecule has 17 heavy (non-hydrogen) atoms. The van der Waals surface area contributed by atoms with Crippen LogP contribution in [0.25, 0.3) is 0 Å². The van der Waals surface area contributed by atoms with Gasteiger partial charge < -0.3 is 9.47 Å². The molecular formula is C11H25NO4S. The summed E-state index contributed by atoms with van der Waals surface area (Å²) in [5, 5.41) is 5.12. The Kier molecular flexibility index (Phi) is 7.94. The molecule has 0 aromatic rings. The van der Waals surface area contributed by atoms with Crippen molar-refractivity contribution in [1.29, 1.82) is 0 Å². The zero-order valence-corrected chi connectivity index (χ0v) is 11.9. The minimum atomic E-state index is -3.46. The second kappa shape index (κ2) is 8.02. The van der Waals surface area contributed by atoms with Gasteiger partial charge in [-0.3, -0.25) is 0 Å². The molecule has 0 aromatic heterocycles. The lowest BCUT2D eigenvalue weighted by Gasteiger charge is -2.30. The second-order valence-corrected chi connectivity index (χ2v) is 6.03. The van der Waals surface area contributed by atoms with Crippen molar-refractivity contribution in [1.82, 2.24) is 0 Å². The Morgan fingerprint density at radius 2 is 1.76 bits per heavy atom. The van der Waals surface area contributed by atoms with Crippen LogP contribution in [0.15, 0.2) is 0 Å². The van der Waals surface area contributed by atoms with Gasteiger partial charge in [-0.1, -0.05) is 13.8 Å². The number of rotatable bonds is 10. The largest absolute Gasteiger partial charge is 0.385 e. The first-order valence-electron chi connectivity index (χ1n) is 5.96. The quantitative estimate of drug-likeness (QED) is 0.602. The van der Waals surface area contributed by atoms with E-state index in [1.165, 1.54) is 0 Å². The van der Waals surface area contributed by atoms with Crippen molar-refractivity contribution in [2.75, 3.05) is 32.7 Å². The molecular weight excluding hydrogens is 242 g/mol. The van der Waals surface area contributed by atoms with Gasteiger partial charge in [-0.05, 0) is 19.3 Å². The van der Waals surface area contributed by atoms with Gasteiger partial charge in [0.15, 0.2) is 0 Å². The molecule has 0 saturated carbocycles. The summed E-state index contributed by atoms with van der Waals surface area (Å²) in [4.78, 5) is 0. The van der Waals surface area contributed by atoms with E-state index in [1.807, 2.05) is 13.8 Å². The molecule has 0 aliphatic rings. The molecule has 2 N–H and O–H groups in total. The molecule has 0 aliphatic carbocycles. The van der Waals surface area contributed by atoms with Gasteiger partial charge in [0, 0.05) is 25.7 Å². The van der Waals surface area contributed by atoms with Crippen molar-refractivity contribution in [3.05, 3.63) is 0 Å². The van der Waals surface area contributed by atoms with Crippen molar-refractivity contribution in [2.24, 2.45) is 10.6 Å². The third kappa shape index (κ3) is 7.70. The van der Waals surface area contributed by atoms with E-state index in [1.54, 1.807) is 7.11 Å². The Balaban J connectivity index is 4.22. The summed E-state index contributed by atoms with van der Waals surface area (Å²) in [6.07, 6.45) is 2.30. The van der Waals surface area contributed by atoms with E-state index in [-0.39, 0.29) is 11.2 Å². The molecule has 0 aliphatic heterocycles. The van der Waals surface area contributed by atoms with Crippen LogP contribution in [0.3, 0.4) is 0 Å². The van der Waals surface area contributed by atoms with E-state index in [2.05, 4.69) is 0 Å². The predicted molar refractivity (Wildman–Crippen MR) is 68.3 cm³/mol. The topological polar surface area (TPSA) is 78.6 Å². The first-order chi connectivity index (χ1) is 7.89. The number of methoxy groups -OCH3 is 1. The Bertz CT molecular complexity index is 286. The van der Waals surface area contributed by atoms with Crippen LogP contribution in [0.5, 0.6) is 0 Å². The number of sulfonamides is 1. The Morgan fingerprint density at radius 3 is 2.18 bits per heavy atom. The van der Waals surface area contributed by atoms with Crippen LogP contribution in [0.1, 0.15) is 33.1 Å². The molecule has 0 heterocycles. The van der Waals surface area contributed by atoms with Gasteiger partial charge >= 0.3 is 0 Å². The maximum Gasteiger partial charge on any atom is 0.209 e. The van der Waals surface area contributed by atoms with Crippen molar-refractivity contribution >= 4 is 10.0 Å². The van der Waals surface area contributed by atoms with Crippen LogP contribution < -0.4 is 5.14 Å². The smallest absolute Gasteiger partial charge is 0.209 e. The fraction of sp³-hybridized carbons (Fsp3) is 1.00. The van der Waals surface area contributed by atoms with Crippen LogP contribution in [0, 0.1) is 5.41 Å². The number of nitrogens with two attached hydrogens (primary N) is 1. The van der Waals surface area contributed by atoms with Gasteiger partial charge in [0.1, 0.15) is 0 Å². The van der Waals surface area contributed by atoms with Crippen LogP contribution in [0.4, 0.5) is 0 Å². The lowest BCUT2D eigenvalue weighted by atomic mass is 9.85. The summed E-state index contributed by atoms with van der Waals surface area (Å²) >= 11 is 0. The van der Waals surface area contributed by atoms with Gasteiger partial charge in [-0.25, -0.2) is 13.6 Å². The Labute approximate surface area is 105 Å². The highest BCUT2D eigenvalue weighted by molar-refractivity contribution is 7.89. The molecule has 104 valence electrons. The first-order valence-corrected chi connectivity index (χ1v) is 7.68. The zero-order chi connectivity index (χ0) is 13.4. The lowest BCUT2D eigenvalue weighted by Crippen LogP contribution is -2.36. The average Bonchev–Trinajstić information content (AvgIpc) is 2.25. The van der Waals surface area contributed by atoms with Gasteiger partial charge in [0.05, 0.1) is 12.4 Å². The number of hydrogen-bond donors (Lipinski definition) is 1. The molecule has 0 aromatic carbocycles. The van der Waals surface area contributed by atoms with Crippen LogP contribution >= 0.6 is 0 Å². The minimum Gasteiger partial charge on any atom is -0.385 e. The van der Waals surface area contributed by atoms with Gasteiger partial charge in [0.25, 0.3) is 0 Å². The summed E-state index contributed by atoms with van der Waals surface area (Å²) in [6.45, 7) is 5.60. The Hall–Kier alpha value is -0.170. The lowest BCUT2D eigenvalue weighted by molar-refractivity contribution is 0.0389. The Morgan fingerprint density at radius 1 is 1.18 bits per heavy atom. The third-order valence-electron chi connectivity index (χ3n) is 3.05.